The van der Waals surface area contributed by atoms with Crippen LogP contribution in [0.1, 0.15) is 53.4 Å². The standard InChI is InChI=1S/C12H24N2O/c1-5-7-8-11(6-2)9-13-14-12(15)10(3)4/h9-11H,5-8H2,1-4H3,(H,14,15)/b13-9+. The van der Waals surface area contributed by atoms with Crippen LogP contribution in [0.5, 0.6) is 0 Å². The van der Waals surface area contributed by atoms with Crippen molar-refractivity contribution in [1.29, 1.82) is 0 Å². The maximum atomic E-state index is 11.2. The van der Waals surface area contributed by atoms with Gasteiger partial charge < -0.3 is 0 Å². The number of hydrogen-bond donors (Lipinski definition) is 1. The number of nitrogens with one attached hydrogen (secondary N) is 1. The lowest BCUT2D eigenvalue weighted by Crippen LogP contribution is -2.23. The number of hydrazone groups is 1. The van der Waals surface area contributed by atoms with Gasteiger partial charge in [-0.1, -0.05) is 40.5 Å². The van der Waals surface area contributed by atoms with Gasteiger partial charge in [-0.05, 0) is 18.8 Å². The average molecular weight is 212 g/mol. The molecule has 1 unspecified atom stereocenters. The zero-order valence-electron chi connectivity index (χ0n) is 10.4. The Labute approximate surface area is 93.3 Å². The van der Waals surface area contributed by atoms with Gasteiger partial charge in [-0.3, -0.25) is 4.79 Å². The minimum absolute atomic E-state index is 0.00197. The van der Waals surface area contributed by atoms with E-state index in [-0.39, 0.29) is 11.8 Å². The molecule has 0 radical (unpaired) electrons. The number of rotatable bonds is 7. The van der Waals surface area contributed by atoms with Crippen LogP contribution in [-0.2, 0) is 4.79 Å². The first kappa shape index (κ1) is 14.1. The topological polar surface area (TPSA) is 41.5 Å². The van der Waals surface area contributed by atoms with Crippen molar-refractivity contribution in [2.45, 2.75) is 53.4 Å². The van der Waals surface area contributed by atoms with Gasteiger partial charge in [-0.2, -0.15) is 5.10 Å². The summed E-state index contributed by atoms with van der Waals surface area (Å²) >= 11 is 0. The van der Waals surface area contributed by atoms with Crippen molar-refractivity contribution in [2.24, 2.45) is 16.9 Å². The Hall–Kier alpha value is -0.860. The summed E-state index contributed by atoms with van der Waals surface area (Å²) in [7, 11) is 0. The number of nitrogens with zero attached hydrogens (tertiary/aromatic N) is 1. The van der Waals surface area contributed by atoms with Crippen molar-refractivity contribution in [3.63, 3.8) is 0 Å². The van der Waals surface area contributed by atoms with Gasteiger partial charge in [0.05, 0.1) is 0 Å². The van der Waals surface area contributed by atoms with Crippen LogP contribution in [0.3, 0.4) is 0 Å². The molecule has 3 heteroatoms. The lowest BCUT2D eigenvalue weighted by Gasteiger charge is -2.08. The van der Waals surface area contributed by atoms with E-state index in [0.29, 0.717) is 5.92 Å². The average Bonchev–Trinajstić information content (AvgIpc) is 2.22. The summed E-state index contributed by atoms with van der Waals surface area (Å²) in [5, 5.41) is 3.99. The molecule has 15 heavy (non-hydrogen) atoms. The molecule has 0 aliphatic rings. The van der Waals surface area contributed by atoms with Gasteiger partial charge in [-0.15, -0.1) is 0 Å². The molecule has 1 atom stereocenters. The Kier molecular flexibility index (Phi) is 7.96. The number of unbranched alkanes of at least 4 members (excludes halogenated alkanes) is 1. The maximum Gasteiger partial charge on any atom is 0.242 e. The third-order valence-electron chi connectivity index (χ3n) is 2.44. The van der Waals surface area contributed by atoms with Crippen molar-refractivity contribution in [3.8, 4) is 0 Å². The molecule has 0 spiro atoms. The van der Waals surface area contributed by atoms with E-state index >= 15 is 0 Å². The fraction of sp³-hybridized carbons (Fsp3) is 0.833. The van der Waals surface area contributed by atoms with Crippen LogP contribution in [0.2, 0.25) is 0 Å². The van der Waals surface area contributed by atoms with Gasteiger partial charge in [0.15, 0.2) is 0 Å². The molecule has 0 saturated carbocycles. The largest absolute Gasteiger partial charge is 0.273 e. The van der Waals surface area contributed by atoms with E-state index in [9.17, 15) is 4.79 Å². The predicted molar refractivity (Wildman–Crippen MR) is 64.8 cm³/mol. The molecule has 88 valence electrons. The highest BCUT2D eigenvalue weighted by Crippen LogP contribution is 2.09. The molecule has 0 aromatic carbocycles. The van der Waals surface area contributed by atoms with Crippen molar-refractivity contribution >= 4 is 12.1 Å². The first-order valence-electron chi connectivity index (χ1n) is 5.94. The Bertz CT molecular complexity index is 200. The van der Waals surface area contributed by atoms with Crippen LogP contribution in [0.4, 0.5) is 0 Å². The lowest BCUT2D eigenvalue weighted by molar-refractivity contribution is -0.123. The summed E-state index contributed by atoms with van der Waals surface area (Å²) in [4.78, 5) is 11.2. The summed E-state index contributed by atoms with van der Waals surface area (Å²) in [5.74, 6) is 0.479. The molecule has 0 saturated heterocycles. The molecule has 0 aromatic rings. The maximum absolute atomic E-state index is 11.2. The molecule has 0 bridgehead atoms. The minimum atomic E-state index is -0.0170. The van der Waals surface area contributed by atoms with Crippen molar-refractivity contribution in [2.75, 3.05) is 0 Å². The van der Waals surface area contributed by atoms with E-state index < -0.39 is 0 Å². The molecule has 0 rings (SSSR count). The van der Waals surface area contributed by atoms with E-state index in [4.69, 9.17) is 0 Å². The van der Waals surface area contributed by atoms with Crippen LogP contribution in [0.15, 0.2) is 5.10 Å². The molecule has 0 fully saturated rings. The second kappa shape index (κ2) is 8.45. The van der Waals surface area contributed by atoms with Crippen LogP contribution >= 0.6 is 0 Å². The second-order valence-electron chi connectivity index (χ2n) is 4.22. The summed E-state index contributed by atoms with van der Waals surface area (Å²) in [6.07, 6.45) is 6.55. The molecule has 1 amide bonds. The quantitative estimate of drug-likeness (QED) is 0.511. The third kappa shape index (κ3) is 7.11. The van der Waals surface area contributed by atoms with Gasteiger partial charge in [0.25, 0.3) is 0 Å². The van der Waals surface area contributed by atoms with Crippen LogP contribution < -0.4 is 5.43 Å². The Morgan fingerprint density at radius 2 is 2.07 bits per heavy atom. The Morgan fingerprint density at radius 3 is 2.53 bits per heavy atom. The Balaban J connectivity index is 3.85. The van der Waals surface area contributed by atoms with Gasteiger partial charge in [-0.25, -0.2) is 5.43 Å². The van der Waals surface area contributed by atoms with Gasteiger partial charge in [0, 0.05) is 12.1 Å². The highest BCUT2D eigenvalue weighted by atomic mass is 16.2. The van der Waals surface area contributed by atoms with Gasteiger partial charge in [0.1, 0.15) is 0 Å². The first-order chi connectivity index (χ1) is 7.11. The highest BCUT2D eigenvalue weighted by molar-refractivity contribution is 5.78. The number of hydrogen-bond acceptors (Lipinski definition) is 2. The SMILES string of the molecule is CCCCC(/C=N/NC(=O)C(C)C)CC. The molecule has 3 nitrogen and oxygen atoms in total. The van der Waals surface area contributed by atoms with E-state index in [1.807, 2.05) is 20.1 Å². The van der Waals surface area contributed by atoms with E-state index in [1.54, 1.807) is 0 Å². The van der Waals surface area contributed by atoms with E-state index in [1.165, 1.54) is 12.8 Å². The van der Waals surface area contributed by atoms with Crippen molar-refractivity contribution < 1.29 is 4.79 Å². The van der Waals surface area contributed by atoms with Crippen molar-refractivity contribution in [3.05, 3.63) is 0 Å². The molecule has 1 N–H and O–H groups in total. The zero-order valence-corrected chi connectivity index (χ0v) is 10.4. The molecule has 0 aromatic heterocycles. The number of carbonyl (C=O) groups is 1. The second-order valence-corrected chi connectivity index (χ2v) is 4.22. The summed E-state index contributed by atoms with van der Waals surface area (Å²) in [6.45, 7) is 8.06. The third-order valence-corrected chi connectivity index (χ3v) is 2.44. The fourth-order valence-corrected chi connectivity index (χ4v) is 1.19. The van der Waals surface area contributed by atoms with Crippen LogP contribution in [0.25, 0.3) is 0 Å². The monoisotopic (exact) mass is 212 g/mol. The fourth-order valence-electron chi connectivity index (χ4n) is 1.19. The van der Waals surface area contributed by atoms with Gasteiger partial charge in [0.2, 0.25) is 5.91 Å². The summed E-state index contributed by atoms with van der Waals surface area (Å²) in [6, 6.07) is 0. The summed E-state index contributed by atoms with van der Waals surface area (Å²) < 4.78 is 0. The van der Waals surface area contributed by atoms with Crippen molar-refractivity contribution in [1.82, 2.24) is 5.43 Å². The predicted octanol–water partition coefficient (Wildman–Crippen LogP) is 2.96. The summed E-state index contributed by atoms with van der Waals surface area (Å²) in [5.41, 5.74) is 2.55. The molecule has 0 aliphatic carbocycles. The zero-order chi connectivity index (χ0) is 11.7. The van der Waals surface area contributed by atoms with Crippen LogP contribution in [0, 0.1) is 11.8 Å². The van der Waals surface area contributed by atoms with Crippen LogP contribution in [-0.4, -0.2) is 12.1 Å². The number of amides is 1. The molecule has 0 aliphatic heterocycles. The lowest BCUT2D eigenvalue weighted by atomic mass is 10.0. The smallest absolute Gasteiger partial charge is 0.242 e. The first-order valence-corrected chi connectivity index (χ1v) is 5.94. The number of carbonyl (C=O) groups excluding carboxylic acids is 1. The van der Waals surface area contributed by atoms with E-state index in [0.717, 1.165) is 12.8 Å². The highest BCUT2D eigenvalue weighted by Gasteiger charge is 2.05. The molecule has 0 heterocycles. The Morgan fingerprint density at radius 1 is 1.40 bits per heavy atom. The van der Waals surface area contributed by atoms with Gasteiger partial charge >= 0.3 is 0 Å². The molecular weight excluding hydrogens is 188 g/mol. The minimum Gasteiger partial charge on any atom is -0.273 e. The van der Waals surface area contributed by atoms with E-state index in [2.05, 4.69) is 24.4 Å². The molecular formula is C12H24N2O. The normalized spacial score (nSPS) is 13.4.